The van der Waals surface area contributed by atoms with Crippen molar-refractivity contribution in [1.82, 2.24) is 0 Å². The summed E-state index contributed by atoms with van der Waals surface area (Å²) in [7, 11) is 0. The molecule has 2 aromatic rings. The summed E-state index contributed by atoms with van der Waals surface area (Å²) < 4.78 is 5.89. The van der Waals surface area contributed by atoms with Gasteiger partial charge in [-0.1, -0.05) is 43.3 Å². The van der Waals surface area contributed by atoms with Gasteiger partial charge in [-0.25, -0.2) is 0 Å². The SMILES string of the molecule is CCc1ccc(OCc2ccccc2)c(SC)c1. The number of hydrogen-bond acceptors (Lipinski definition) is 2. The summed E-state index contributed by atoms with van der Waals surface area (Å²) in [5.74, 6) is 0.976. The average Bonchev–Trinajstić information content (AvgIpc) is 2.46. The molecule has 2 heteroatoms. The molecule has 1 nitrogen and oxygen atoms in total. The van der Waals surface area contributed by atoms with Gasteiger partial charge in [0, 0.05) is 4.90 Å². The Balaban J connectivity index is 2.09. The smallest absolute Gasteiger partial charge is 0.133 e. The fraction of sp³-hybridized carbons (Fsp3) is 0.250. The molecular weight excluding hydrogens is 240 g/mol. The zero-order valence-corrected chi connectivity index (χ0v) is 11.7. The van der Waals surface area contributed by atoms with Crippen molar-refractivity contribution in [2.24, 2.45) is 0 Å². The van der Waals surface area contributed by atoms with E-state index in [1.807, 2.05) is 18.2 Å². The highest BCUT2D eigenvalue weighted by Crippen LogP contribution is 2.29. The van der Waals surface area contributed by atoms with Gasteiger partial charge in [-0.15, -0.1) is 11.8 Å². The molecule has 0 aromatic heterocycles. The van der Waals surface area contributed by atoms with E-state index in [1.165, 1.54) is 16.0 Å². The highest BCUT2D eigenvalue weighted by molar-refractivity contribution is 7.98. The third-order valence-corrected chi connectivity index (χ3v) is 3.63. The first kappa shape index (κ1) is 13.0. The second kappa shape index (κ2) is 6.50. The number of thioether (sulfide) groups is 1. The lowest BCUT2D eigenvalue weighted by molar-refractivity contribution is 0.299. The van der Waals surface area contributed by atoms with Gasteiger partial charge in [0.2, 0.25) is 0 Å². The number of ether oxygens (including phenoxy) is 1. The highest BCUT2D eigenvalue weighted by Gasteiger charge is 2.04. The molecular formula is C16H18OS. The van der Waals surface area contributed by atoms with Crippen molar-refractivity contribution in [2.45, 2.75) is 24.8 Å². The molecule has 0 heterocycles. The maximum atomic E-state index is 5.89. The Labute approximate surface area is 113 Å². The van der Waals surface area contributed by atoms with Crippen LogP contribution in [0.15, 0.2) is 53.4 Å². The lowest BCUT2D eigenvalue weighted by Gasteiger charge is -2.11. The van der Waals surface area contributed by atoms with Gasteiger partial charge in [0.05, 0.1) is 0 Å². The summed E-state index contributed by atoms with van der Waals surface area (Å²) in [4.78, 5) is 1.21. The summed E-state index contributed by atoms with van der Waals surface area (Å²) >= 11 is 1.74. The van der Waals surface area contributed by atoms with Crippen LogP contribution in [0.4, 0.5) is 0 Å². The number of rotatable bonds is 5. The van der Waals surface area contributed by atoms with Crippen LogP contribution >= 0.6 is 11.8 Å². The molecule has 2 aromatic carbocycles. The predicted molar refractivity (Wildman–Crippen MR) is 78.4 cm³/mol. The fourth-order valence-corrected chi connectivity index (χ4v) is 2.38. The standard InChI is InChI=1S/C16H18OS/c1-3-13-9-10-15(16(11-13)18-2)17-12-14-7-5-4-6-8-14/h4-11H,3,12H2,1-2H3. The molecule has 0 bridgehead atoms. The minimum Gasteiger partial charge on any atom is -0.488 e. The Morgan fingerprint density at radius 3 is 2.44 bits per heavy atom. The van der Waals surface area contributed by atoms with Gasteiger partial charge < -0.3 is 4.74 Å². The predicted octanol–water partition coefficient (Wildman–Crippen LogP) is 4.55. The lowest BCUT2D eigenvalue weighted by Crippen LogP contribution is -1.96. The molecule has 0 aliphatic rings. The van der Waals surface area contributed by atoms with Gasteiger partial charge in [0.1, 0.15) is 12.4 Å². The molecule has 0 fully saturated rings. The molecule has 0 N–H and O–H groups in total. The van der Waals surface area contributed by atoms with E-state index in [1.54, 1.807) is 11.8 Å². The van der Waals surface area contributed by atoms with Crippen LogP contribution in [0.1, 0.15) is 18.1 Å². The van der Waals surface area contributed by atoms with Crippen molar-refractivity contribution in [3.63, 3.8) is 0 Å². The van der Waals surface area contributed by atoms with Gasteiger partial charge in [0.25, 0.3) is 0 Å². The summed E-state index contributed by atoms with van der Waals surface area (Å²) in [6.07, 6.45) is 3.15. The van der Waals surface area contributed by atoms with E-state index in [4.69, 9.17) is 4.74 Å². The van der Waals surface area contributed by atoms with E-state index in [9.17, 15) is 0 Å². The molecule has 2 rings (SSSR count). The van der Waals surface area contributed by atoms with Gasteiger partial charge in [-0.05, 0) is 35.9 Å². The summed E-state index contributed by atoms with van der Waals surface area (Å²) in [6.45, 7) is 2.80. The molecule has 0 spiro atoms. The van der Waals surface area contributed by atoms with Crippen LogP contribution in [0.25, 0.3) is 0 Å². The van der Waals surface area contributed by atoms with Gasteiger partial charge in [0.15, 0.2) is 0 Å². The maximum absolute atomic E-state index is 5.89. The molecule has 18 heavy (non-hydrogen) atoms. The number of aryl methyl sites for hydroxylation is 1. The fourth-order valence-electron chi connectivity index (χ4n) is 1.79. The van der Waals surface area contributed by atoms with E-state index >= 15 is 0 Å². The van der Waals surface area contributed by atoms with Crippen molar-refractivity contribution in [3.8, 4) is 5.75 Å². The normalized spacial score (nSPS) is 10.3. The minimum atomic E-state index is 0.625. The Morgan fingerprint density at radius 2 is 1.78 bits per heavy atom. The third kappa shape index (κ3) is 3.30. The molecule has 0 aliphatic carbocycles. The zero-order chi connectivity index (χ0) is 12.8. The average molecular weight is 258 g/mol. The molecule has 0 atom stereocenters. The highest BCUT2D eigenvalue weighted by atomic mass is 32.2. The molecule has 0 aliphatic heterocycles. The number of benzene rings is 2. The van der Waals surface area contributed by atoms with Crippen molar-refractivity contribution in [1.29, 1.82) is 0 Å². The summed E-state index contributed by atoms with van der Waals surface area (Å²) in [6, 6.07) is 16.7. The van der Waals surface area contributed by atoms with E-state index in [-0.39, 0.29) is 0 Å². The van der Waals surface area contributed by atoms with E-state index in [2.05, 4.69) is 43.5 Å². The monoisotopic (exact) mass is 258 g/mol. The molecule has 0 saturated carbocycles. The maximum Gasteiger partial charge on any atom is 0.133 e. The third-order valence-electron chi connectivity index (χ3n) is 2.87. The Kier molecular flexibility index (Phi) is 4.71. The zero-order valence-electron chi connectivity index (χ0n) is 10.8. The first-order valence-electron chi connectivity index (χ1n) is 6.17. The van der Waals surface area contributed by atoms with Crippen LogP contribution < -0.4 is 4.74 Å². The quantitative estimate of drug-likeness (QED) is 0.728. The second-order valence-corrected chi connectivity index (χ2v) is 4.96. The van der Waals surface area contributed by atoms with Crippen LogP contribution in [-0.2, 0) is 13.0 Å². The van der Waals surface area contributed by atoms with Gasteiger partial charge >= 0.3 is 0 Å². The molecule has 0 radical (unpaired) electrons. The lowest BCUT2D eigenvalue weighted by atomic mass is 10.2. The summed E-state index contributed by atoms with van der Waals surface area (Å²) in [5.41, 5.74) is 2.55. The van der Waals surface area contributed by atoms with E-state index in [0.29, 0.717) is 6.61 Å². The number of hydrogen-bond donors (Lipinski definition) is 0. The Morgan fingerprint density at radius 1 is 1.00 bits per heavy atom. The van der Waals surface area contributed by atoms with Crippen molar-refractivity contribution >= 4 is 11.8 Å². The molecule has 0 unspecified atom stereocenters. The summed E-state index contributed by atoms with van der Waals surface area (Å²) in [5, 5.41) is 0. The van der Waals surface area contributed by atoms with Crippen molar-refractivity contribution < 1.29 is 4.74 Å². The van der Waals surface area contributed by atoms with Crippen molar-refractivity contribution in [2.75, 3.05) is 6.26 Å². The minimum absolute atomic E-state index is 0.625. The second-order valence-electron chi connectivity index (χ2n) is 4.11. The molecule has 0 saturated heterocycles. The molecule has 0 amide bonds. The molecule has 94 valence electrons. The Bertz CT molecular complexity index is 494. The first-order chi connectivity index (χ1) is 8.83. The van der Waals surface area contributed by atoms with Gasteiger partial charge in [-0.2, -0.15) is 0 Å². The van der Waals surface area contributed by atoms with Crippen molar-refractivity contribution in [3.05, 3.63) is 59.7 Å². The van der Waals surface area contributed by atoms with Crippen LogP contribution in [0, 0.1) is 0 Å². The van der Waals surface area contributed by atoms with Crippen LogP contribution in [0.5, 0.6) is 5.75 Å². The Hall–Kier alpha value is -1.41. The van der Waals surface area contributed by atoms with Gasteiger partial charge in [-0.3, -0.25) is 0 Å². The first-order valence-corrected chi connectivity index (χ1v) is 7.39. The van der Waals surface area contributed by atoms with Crippen LogP contribution in [-0.4, -0.2) is 6.26 Å². The van der Waals surface area contributed by atoms with E-state index in [0.717, 1.165) is 12.2 Å². The van der Waals surface area contributed by atoms with E-state index < -0.39 is 0 Å². The largest absolute Gasteiger partial charge is 0.488 e. The van der Waals surface area contributed by atoms with Crippen LogP contribution in [0.2, 0.25) is 0 Å². The topological polar surface area (TPSA) is 9.23 Å². The van der Waals surface area contributed by atoms with Crippen LogP contribution in [0.3, 0.4) is 0 Å².